The molecule has 0 aliphatic heterocycles. The summed E-state index contributed by atoms with van der Waals surface area (Å²) in [6.45, 7) is 3.00. The predicted octanol–water partition coefficient (Wildman–Crippen LogP) is 2.36. The Hall–Kier alpha value is -1.68. The van der Waals surface area contributed by atoms with E-state index in [1.54, 1.807) is 16.7 Å². The summed E-state index contributed by atoms with van der Waals surface area (Å²) in [5.41, 5.74) is 1.54. The number of fused-ring (bicyclic) bond motifs is 1. The molecular formula is C16H21N3O. The summed E-state index contributed by atoms with van der Waals surface area (Å²) in [6.07, 6.45) is 6.81. The van der Waals surface area contributed by atoms with Crippen molar-refractivity contribution in [1.82, 2.24) is 14.7 Å². The number of hydrogen-bond acceptors (Lipinski definition) is 3. The number of nitrogens with zero attached hydrogens (tertiary/aromatic N) is 2. The Morgan fingerprint density at radius 3 is 2.90 bits per heavy atom. The standard InChI is InChI=1S/C16H21N3O/c1-12-5-7-13(8-6-12)17-11-14-10-16(20)19-9-3-2-4-15(19)18-14/h2-4,9-10,12-13,17H,5-8,11H2,1H3. The van der Waals surface area contributed by atoms with Crippen LogP contribution in [0.5, 0.6) is 0 Å². The monoisotopic (exact) mass is 271 g/mol. The second kappa shape index (κ2) is 5.75. The van der Waals surface area contributed by atoms with Crippen LogP contribution >= 0.6 is 0 Å². The second-order valence-electron chi connectivity index (χ2n) is 5.85. The van der Waals surface area contributed by atoms with Gasteiger partial charge in [-0.2, -0.15) is 0 Å². The van der Waals surface area contributed by atoms with Crippen LogP contribution in [-0.2, 0) is 6.54 Å². The van der Waals surface area contributed by atoms with Gasteiger partial charge in [-0.1, -0.05) is 13.0 Å². The molecule has 2 aromatic heterocycles. The average Bonchev–Trinajstić information content (AvgIpc) is 2.47. The Bertz CT molecular complexity index is 641. The number of hydrogen-bond donors (Lipinski definition) is 1. The van der Waals surface area contributed by atoms with Gasteiger partial charge in [-0.25, -0.2) is 4.98 Å². The fourth-order valence-corrected chi connectivity index (χ4v) is 2.91. The van der Waals surface area contributed by atoms with E-state index in [1.807, 2.05) is 18.2 Å². The lowest BCUT2D eigenvalue weighted by Crippen LogP contribution is -2.33. The molecule has 106 valence electrons. The van der Waals surface area contributed by atoms with Gasteiger partial charge in [0.2, 0.25) is 0 Å². The number of rotatable bonds is 3. The van der Waals surface area contributed by atoms with E-state index in [0.29, 0.717) is 18.2 Å². The van der Waals surface area contributed by atoms with Crippen molar-refractivity contribution >= 4 is 5.65 Å². The van der Waals surface area contributed by atoms with Gasteiger partial charge >= 0.3 is 0 Å². The van der Waals surface area contributed by atoms with Crippen LogP contribution in [0.15, 0.2) is 35.3 Å². The summed E-state index contributed by atoms with van der Waals surface area (Å²) in [7, 11) is 0. The van der Waals surface area contributed by atoms with Crippen LogP contribution in [0.25, 0.3) is 5.65 Å². The molecule has 0 unspecified atom stereocenters. The maximum atomic E-state index is 12.0. The lowest BCUT2D eigenvalue weighted by Gasteiger charge is -2.26. The highest BCUT2D eigenvalue weighted by Crippen LogP contribution is 2.23. The van der Waals surface area contributed by atoms with Crippen LogP contribution in [-0.4, -0.2) is 15.4 Å². The molecular weight excluding hydrogens is 250 g/mol. The van der Waals surface area contributed by atoms with Gasteiger partial charge in [-0.05, 0) is 43.7 Å². The van der Waals surface area contributed by atoms with Crippen molar-refractivity contribution in [3.8, 4) is 0 Å². The maximum Gasteiger partial charge on any atom is 0.258 e. The molecule has 0 bridgehead atoms. The van der Waals surface area contributed by atoms with Gasteiger partial charge in [0.15, 0.2) is 0 Å². The Morgan fingerprint density at radius 1 is 1.30 bits per heavy atom. The Balaban J connectivity index is 1.70. The Labute approximate surface area is 118 Å². The van der Waals surface area contributed by atoms with Crippen LogP contribution in [0.2, 0.25) is 0 Å². The molecule has 1 N–H and O–H groups in total. The van der Waals surface area contributed by atoms with Crippen molar-refractivity contribution in [3.05, 3.63) is 46.5 Å². The zero-order valence-electron chi connectivity index (χ0n) is 11.9. The smallest absolute Gasteiger partial charge is 0.258 e. The van der Waals surface area contributed by atoms with Crippen molar-refractivity contribution < 1.29 is 0 Å². The van der Waals surface area contributed by atoms with E-state index in [-0.39, 0.29) is 5.56 Å². The van der Waals surface area contributed by atoms with Crippen LogP contribution in [0.4, 0.5) is 0 Å². The SMILES string of the molecule is CC1CCC(NCc2cc(=O)n3ccccc3n2)CC1. The first-order valence-electron chi connectivity index (χ1n) is 7.43. The van der Waals surface area contributed by atoms with Crippen molar-refractivity contribution in [2.45, 2.75) is 45.2 Å². The lowest BCUT2D eigenvalue weighted by molar-refractivity contribution is 0.306. The second-order valence-corrected chi connectivity index (χ2v) is 5.85. The highest BCUT2D eigenvalue weighted by molar-refractivity contribution is 5.37. The maximum absolute atomic E-state index is 12.0. The van der Waals surface area contributed by atoms with Gasteiger partial charge in [0, 0.05) is 24.8 Å². The predicted molar refractivity (Wildman–Crippen MR) is 79.7 cm³/mol. The lowest BCUT2D eigenvalue weighted by atomic mass is 9.87. The molecule has 1 saturated carbocycles. The van der Waals surface area contributed by atoms with Gasteiger partial charge in [0.05, 0.1) is 5.69 Å². The van der Waals surface area contributed by atoms with Gasteiger partial charge in [-0.3, -0.25) is 9.20 Å². The van der Waals surface area contributed by atoms with Crippen molar-refractivity contribution in [2.24, 2.45) is 5.92 Å². The molecule has 0 amide bonds. The zero-order chi connectivity index (χ0) is 13.9. The molecule has 4 nitrogen and oxygen atoms in total. The first kappa shape index (κ1) is 13.3. The molecule has 1 fully saturated rings. The third kappa shape index (κ3) is 2.90. The van der Waals surface area contributed by atoms with E-state index in [0.717, 1.165) is 11.6 Å². The van der Waals surface area contributed by atoms with Gasteiger partial charge in [0.25, 0.3) is 5.56 Å². The molecule has 0 atom stereocenters. The Morgan fingerprint density at radius 2 is 2.10 bits per heavy atom. The minimum absolute atomic E-state index is 0.00957. The largest absolute Gasteiger partial charge is 0.308 e. The molecule has 4 heteroatoms. The normalized spacial score (nSPS) is 23.1. The number of nitrogens with one attached hydrogen (secondary N) is 1. The quantitative estimate of drug-likeness (QED) is 0.932. The van der Waals surface area contributed by atoms with E-state index in [4.69, 9.17) is 0 Å². The minimum atomic E-state index is -0.00957. The summed E-state index contributed by atoms with van der Waals surface area (Å²) in [4.78, 5) is 16.5. The fourth-order valence-electron chi connectivity index (χ4n) is 2.91. The van der Waals surface area contributed by atoms with Crippen LogP contribution in [0.1, 0.15) is 38.3 Å². The van der Waals surface area contributed by atoms with Crippen LogP contribution < -0.4 is 10.9 Å². The summed E-state index contributed by atoms with van der Waals surface area (Å²) < 4.78 is 1.58. The van der Waals surface area contributed by atoms with E-state index in [1.165, 1.54) is 25.7 Å². The third-order valence-corrected chi connectivity index (χ3v) is 4.21. The molecule has 20 heavy (non-hydrogen) atoms. The van der Waals surface area contributed by atoms with Crippen molar-refractivity contribution in [2.75, 3.05) is 0 Å². The summed E-state index contributed by atoms with van der Waals surface area (Å²) in [6, 6.07) is 7.82. The molecule has 0 radical (unpaired) electrons. The van der Waals surface area contributed by atoms with Crippen molar-refractivity contribution in [3.63, 3.8) is 0 Å². The number of aromatic nitrogens is 2. The molecule has 1 aliphatic rings. The molecule has 2 aromatic rings. The summed E-state index contributed by atoms with van der Waals surface area (Å²) >= 11 is 0. The number of pyridine rings is 1. The van der Waals surface area contributed by atoms with E-state index in [9.17, 15) is 4.79 Å². The Kier molecular flexibility index (Phi) is 3.83. The summed E-state index contributed by atoms with van der Waals surface area (Å²) in [5, 5.41) is 3.54. The molecule has 2 heterocycles. The first-order valence-corrected chi connectivity index (χ1v) is 7.43. The van der Waals surface area contributed by atoms with E-state index in [2.05, 4.69) is 17.2 Å². The molecule has 0 saturated heterocycles. The van der Waals surface area contributed by atoms with Crippen LogP contribution in [0.3, 0.4) is 0 Å². The van der Waals surface area contributed by atoms with Gasteiger partial charge in [0.1, 0.15) is 5.65 Å². The van der Waals surface area contributed by atoms with Gasteiger partial charge in [-0.15, -0.1) is 0 Å². The first-order chi connectivity index (χ1) is 9.72. The molecule has 0 aromatic carbocycles. The highest BCUT2D eigenvalue weighted by Gasteiger charge is 2.17. The van der Waals surface area contributed by atoms with Crippen LogP contribution in [0, 0.1) is 5.92 Å². The zero-order valence-corrected chi connectivity index (χ0v) is 11.9. The topological polar surface area (TPSA) is 46.4 Å². The highest BCUT2D eigenvalue weighted by atomic mass is 16.1. The van der Waals surface area contributed by atoms with E-state index < -0.39 is 0 Å². The fraction of sp³-hybridized carbons (Fsp3) is 0.500. The van der Waals surface area contributed by atoms with Crippen molar-refractivity contribution in [1.29, 1.82) is 0 Å². The minimum Gasteiger partial charge on any atom is -0.308 e. The third-order valence-electron chi connectivity index (χ3n) is 4.21. The molecule has 3 rings (SSSR count). The average molecular weight is 271 g/mol. The summed E-state index contributed by atoms with van der Waals surface area (Å²) in [5.74, 6) is 0.858. The molecule has 0 spiro atoms. The van der Waals surface area contributed by atoms with Gasteiger partial charge < -0.3 is 5.32 Å². The molecule has 1 aliphatic carbocycles. The van der Waals surface area contributed by atoms with E-state index >= 15 is 0 Å².